The normalized spacial score (nSPS) is 29.7. The molecule has 19 heavy (non-hydrogen) atoms. The summed E-state index contributed by atoms with van der Waals surface area (Å²) in [4.78, 5) is 26.1. The Kier molecular flexibility index (Phi) is 3.69. The van der Waals surface area contributed by atoms with Crippen LogP contribution in [-0.2, 0) is 9.59 Å². The first-order chi connectivity index (χ1) is 9.25. The molecule has 4 nitrogen and oxygen atoms in total. The molecule has 1 N–H and O–H groups in total. The Morgan fingerprint density at radius 2 is 1.74 bits per heavy atom. The summed E-state index contributed by atoms with van der Waals surface area (Å²) in [6.07, 6.45) is 12.1. The molecule has 0 bridgehead atoms. The highest BCUT2D eigenvalue weighted by molar-refractivity contribution is 6.05. The summed E-state index contributed by atoms with van der Waals surface area (Å²) in [6, 6.07) is 0.231. The van der Waals surface area contributed by atoms with E-state index in [4.69, 9.17) is 0 Å². The van der Waals surface area contributed by atoms with Crippen LogP contribution in [-0.4, -0.2) is 34.8 Å². The van der Waals surface area contributed by atoms with E-state index in [9.17, 15) is 9.59 Å². The van der Waals surface area contributed by atoms with E-state index < -0.39 is 0 Å². The molecule has 2 fully saturated rings. The van der Waals surface area contributed by atoms with Crippen molar-refractivity contribution in [3.8, 4) is 0 Å². The monoisotopic (exact) mass is 262 g/mol. The summed E-state index contributed by atoms with van der Waals surface area (Å²) in [5, 5.41) is 3.35. The van der Waals surface area contributed by atoms with Crippen LogP contribution >= 0.6 is 0 Å². The van der Waals surface area contributed by atoms with Gasteiger partial charge in [-0.15, -0.1) is 0 Å². The molecule has 104 valence electrons. The highest BCUT2D eigenvalue weighted by Crippen LogP contribution is 2.27. The van der Waals surface area contributed by atoms with Crippen molar-refractivity contribution in [2.45, 2.75) is 69.5 Å². The molecular formula is C15H22N2O2. The van der Waals surface area contributed by atoms with Crippen LogP contribution in [0.1, 0.15) is 51.4 Å². The maximum Gasteiger partial charge on any atom is 0.247 e. The Morgan fingerprint density at radius 1 is 1.05 bits per heavy atom. The SMILES string of the molecule is O=C1CC(NC2CC=CC2)C(=O)N1C1CCCCC1. The van der Waals surface area contributed by atoms with Gasteiger partial charge < -0.3 is 5.32 Å². The third-order valence-electron chi connectivity index (χ3n) is 4.57. The van der Waals surface area contributed by atoms with Gasteiger partial charge in [-0.2, -0.15) is 0 Å². The molecule has 1 saturated heterocycles. The van der Waals surface area contributed by atoms with Crippen molar-refractivity contribution < 1.29 is 9.59 Å². The van der Waals surface area contributed by atoms with Gasteiger partial charge in [0.1, 0.15) is 0 Å². The summed E-state index contributed by atoms with van der Waals surface area (Å²) < 4.78 is 0. The molecule has 0 spiro atoms. The molecule has 4 heteroatoms. The lowest BCUT2D eigenvalue weighted by Crippen LogP contribution is -2.46. The van der Waals surface area contributed by atoms with Crippen molar-refractivity contribution >= 4 is 11.8 Å². The molecule has 1 atom stereocenters. The van der Waals surface area contributed by atoms with Crippen molar-refractivity contribution in [2.24, 2.45) is 0 Å². The lowest BCUT2D eigenvalue weighted by molar-refractivity contribution is -0.142. The van der Waals surface area contributed by atoms with E-state index in [1.807, 2.05) is 0 Å². The van der Waals surface area contributed by atoms with Crippen LogP contribution in [0.2, 0.25) is 0 Å². The molecule has 0 radical (unpaired) electrons. The molecule has 2 aliphatic carbocycles. The summed E-state index contributed by atoms with van der Waals surface area (Å²) in [7, 11) is 0. The van der Waals surface area contributed by atoms with Crippen LogP contribution in [0.25, 0.3) is 0 Å². The van der Waals surface area contributed by atoms with E-state index in [0.29, 0.717) is 12.5 Å². The molecule has 3 rings (SSSR count). The number of nitrogens with zero attached hydrogens (tertiary/aromatic N) is 1. The topological polar surface area (TPSA) is 49.4 Å². The van der Waals surface area contributed by atoms with Crippen molar-refractivity contribution in [1.82, 2.24) is 10.2 Å². The van der Waals surface area contributed by atoms with Crippen LogP contribution in [0.15, 0.2) is 12.2 Å². The smallest absolute Gasteiger partial charge is 0.247 e. The minimum absolute atomic E-state index is 0.0174. The van der Waals surface area contributed by atoms with Crippen molar-refractivity contribution in [1.29, 1.82) is 0 Å². The van der Waals surface area contributed by atoms with E-state index >= 15 is 0 Å². The number of carbonyl (C=O) groups excluding carboxylic acids is 2. The second-order valence-corrected chi connectivity index (χ2v) is 5.96. The van der Waals surface area contributed by atoms with Gasteiger partial charge in [0, 0.05) is 12.1 Å². The number of imide groups is 1. The third-order valence-corrected chi connectivity index (χ3v) is 4.57. The number of rotatable bonds is 3. The van der Waals surface area contributed by atoms with Crippen LogP contribution < -0.4 is 5.32 Å². The van der Waals surface area contributed by atoms with Gasteiger partial charge in [0.25, 0.3) is 0 Å². The molecule has 3 aliphatic rings. The first-order valence-electron chi connectivity index (χ1n) is 7.52. The Hall–Kier alpha value is -1.16. The van der Waals surface area contributed by atoms with Gasteiger partial charge in [-0.1, -0.05) is 31.4 Å². The molecular weight excluding hydrogens is 240 g/mol. The maximum absolute atomic E-state index is 12.4. The summed E-state index contributed by atoms with van der Waals surface area (Å²) in [5.41, 5.74) is 0. The summed E-state index contributed by atoms with van der Waals surface area (Å²) in [5.74, 6) is 0.0455. The largest absolute Gasteiger partial charge is 0.302 e. The minimum Gasteiger partial charge on any atom is -0.302 e. The van der Waals surface area contributed by atoms with Gasteiger partial charge in [-0.05, 0) is 25.7 Å². The average molecular weight is 262 g/mol. The van der Waals surface area contributed by atoms with E-state index in [2.05, 4.69) is 17.5 Å². The zero-order valence-electron chi connectivity index (χ0n) is 11.3. The Labute approximate surface area is 114 Å². The number of hydrogen-bond donors (Lipinski definition) is 1. The summed E-state index contributed by atoms with van der Waals surface area (Å²) in [6.45, 7) is 0. The van der Waals surface area contributed by atoms with Gasteiger partial charge in [0.05, 0.1) is 12.5 Å². The number of carbonyl (C=O) groups is 2. The van der Waals surface area contributed by atoms with Crippen molar-refractivity contribution in [2.75, 3.05) is 0 Å². The number of nitrogens with one attached hydrogen (secondary N) is 1. The van der Waals surface area contributed by atoms with Crippen molar-refractivity contribution in [3.63, 3.8) is 0 Å². The predicted molar refractivity (Wildman–Crippen MR) is 72.4 cm³/mol. The average Bonchev–Trinajstić information content (AvgIpc) is 3.01. The van der Waals surface area contributed by atoms with Gasteiger partial charge in [0.2, 0.25) is 11.8 Å². The number of hydrogen-bond acceptors (Lipinski definition) is 3. The molecule has 1 saturated carbocycles. The maximum atomic E-state index is 12.4. The predicted octanol–water partition coefficient (Wildman–Crippen LogP) is 1.75. The molecule has 0 aromatic carbocycles. The number of likely N-dealkylation sites (tertiary alicyclic amines) is 1. The fourth-order valence-electron chi connectivity index (χ4n) is 3.54. The fourth-order valence-corrected chi connectivity index (χ4v) is 3.54. The molecule has 0 aromatic heterocycles. The minimum atomic E-state index is -0.278. The Balaban J connectivity index is 1.62. The third kappa shape index (κ3) is 2.59. The van der Waals surface area contributed by atoms with Crippen LogP contribution in [0, 0.1) is 0 Å². The first kappa shape index (κ1) is 12.9. The standard InChI is InChI=1S/C15H22N2O2/c18-14-10-13(16-11-6-4-5-7-11)15(19)17(14)12-8-2-1-3-9-12/h4-5,11-13,16H,1-3,6-10H2. The zero-order valence-corrected chi connectivity index (χ0v) is 11.3. The lowest BCUT2D eigenvalue weighted by Gasteiger charge is -2.30. The summed E-state index contributed by atoms with van der Waals surface area (Å²) >= 11 is 0. The van der Waals surface area contributed by atoms with Gasteiger partial charge in [-0.3, -0.25) is 14.5 Å². The second kappa shape index (κ2) is 5.45. The Bertz CT molecular complexity index is 391. The molecule has 1 aliphatic heterocycles. The van der Waals surface area contributed by atoms with Crippen LogP contribution in [0.4, 0.5) is 0 Å². The van der Waals surface area contributed by atoms with Crippen LogP contribution in [0.3, 0.4) is 0 Å². The second-order valence-electron chi connectivity index (χ2n) is 5.96. The van der Waals surface area contributed by atoms with E-state index in [0.717, 1.165) is 38.5 Å². The zero-order chi connectivity index (χ0) is 13.2. The van der Waals surface area contributed by atoms with E-state index in [-0.39, 0.29) is 23.9 Å². The van der Waals surface area contributed by atoms with E-state index in [1.165, 1.54) is 6.42 Å². The fraction of sp³-hybridized carbons (Fsp3) is 0.733. The Morgan fingerprint density at radius 3 is 2.42 bits per heavy atom. The molecule has 0 aromatic rings. The van der Waals surface area contributed by atoms with E-state index in [1.54, 1.807) is 4.90 Å². The van der Waals surface area contributed by atoms with Gasteiger partial charge >= 0.3 is 0 Å². The van der Waals surface area contributed by atoms with Crippen LogP contribution in [0.5, 0.6) is 0 Å². The molecule has 1 heterocycles. The number of amides is 2. The highest BCUT2D eigenvalue weighted by Gasteiger charge is 2.42. The van der Waals surface area contributed by atoms with Gasteiger partial charge in [0.15, 0.2) is 0 Å². The quantitative estimate of drug-likeness (QED) is 0.623. The molecule has 1 unspecified atom stereocenters. The molecule has 2 amide bonds. The van der Waals surface area contributed by atoms with Crippen molar-refractivity contribution in [3.05, 3.63) is 12.2 Å². The first-order valence-corrected chi connectivity index (χ1v) is 7.52. The van der Waals surface area contributed by atoms with Gasteiger partial charge in [-0.25, -0.2) is 0 Å². The highest BCUT2D eigenvalue weighted by atomic mass is 16.2. The lowest BCUT2D eigenvalue weighted by atomic mass is 9.94.